The van der Waals surface area contributed by atoms with Gasteiger partial charge in [-0.1, -0.05) is 18.0 Å². The van der Waals surface area contributed by atoms with Crippen molar-refractivity contribution in [3.8, 4) is 0 Å². The van der Waals surface area contributed by atoms with E-state index in [9.17, 15) is 9.18 Å². The molecular weight excluding hydrogens is 265 g/mol. The molecule has 0 amide bonds. The van der Waals surface area contributed by atoms with Gasteiger partial charge in [0, 0.05) is 5.02 Å². The molecule has 19 heavy (non-hydrogen) atoms. The van der Waals surface area contributed by atoms with Crippen LogP contribution in [0.1, 0.15) is 43.5 Å². The number of hydrogen-bond donors (Lipinski definition) is 0. The summed E-state index contributed by atoms with van der Waals surface area (Å²) in [6.45, 7) is 5.53. The molecule has 2 rings (SSSR count). The summed E-state index contributed by atoms with van der Waals surface area (Å²) < 4.78 is 13.9. The van der Waals surface area contributed by atoms with Gasteiger partial charge in [-0.05, 0) is 58.0 Å². The quantitative estimate of drug-likeness (QED) is 0.784. The van der Waals surface area contributed by atoms with Crippen molar-refractivity contribution >= 4 is 17.4 Å². The lowest BCUT2D eigenvalue weighted by molar-refractivity contribution is 0.0575. The van der Waals surface area contributed by atoms with E-state index < -0.39 is 11.4 Å². The third-order valence-electron chi connectivity index (χ3n) is 3.88. The van der Waals surface area contributed by atoms with Crippen molar-refractivity contribution in [1.29, 1.82) is 0 Å². The highest BCUT2D eigenvalue weighted by Gasteiger charge is 2.36. The van der Waals surface area contributed by atoms with Gasteiger partial charge in [-0.2, -0.15) is 0 Å². The SMILES string of the molecule is CC(C)(C(=O)c1ccc(Cl)cc1F)N1CCCCC1. The van der Waals surface area contributed by atoms with E-state index in [0.29, 0.717) is 5.02 Å². The summed E-state index contributed by atoms with van der Waals surface area (Å²) in [5.41, 5.74) is -0.547. The number of ketones is 1. The van der Waals surface area contributed by atoms with Gasteiger partial charge in [-0.25, -0.2) is 4.39 Å². The monoisotopic (exact) mass is 283 g/mol. The van der Waals surface area contributed by atoms with Gasteiger partial charge in [0.05, 0.1) is 11.1 Å². The summed E-state index contributed by atoms with van der Waals surface area (Å²) in [4.78, 5) is 14.7. The smallest absolute Gasteiger partial charge is 0.185 e. The highest BCUT2D eigenvalue weighted by molar-refractivity contribution is 6.30. The predicted octanol–water partition coefficient (Wildman–Crippen LogP) is 3.93. The van der Waals surface area contributed by atoms with Gasteiger partial charge in [0.25, 0.3) is 0 Å². The standard InChI is InChI=1S/C15H19ClFNO/c1-15(2,18-8-4-3-5-9-18)14(19)12-7-6-11(16)10-13(12)17/h6-7,10H,3-5,8-9H2,1-2H3. The van der Waals surface area contributed by atoms with Crippen molar-refractivity contribution in [3.63, 3.8) is 0 Å². The summed E-state index contributed by atoms with van der Waals surface area (Å²) >= 11 is 5.72. The van der Waals surface area contributed by atoms with Gasteiger partial charge in [0.1, 0.15) is 5.82 Å². The van der Waals surface area contributed by atoms with Gasteiger partial charge >= 0.3 is 0 Å². The molecule has 1 heterocycles. The number of carbonyl (C=O) groups is 1. The van der Waals surface area contributed by atoms with Crippen LogP contribution in [0.2, 0.25) is 5.02 Å². The van der Waals surface area contributed by atoms with Crippen LogP contribution in [-0.2, 0) is 0 Å². The minimum absolute atomic E-state index is 0.125. The average molecular weight is 284 g/mol. The number of carbonyl (C=O) groups excluding carboxylic acids is 1. The molecule has 1 aliphatic heterocycles. The number of hydrogen-bond acceptors (Lipinski definition) is 2. The normalized spacial score (nSPS) is 17.5. The van der Waals surface area contributed by atoms with Crippen LogP contribution in [0.15, 0.2) is 18.2 Å². The Hall–Kier alpha value is -0.930. The maximum atomic E-state index is 13.9. The summed E-state index contributed by atoms with van der Waals surface area (Å²) in [5, 5.41) is 0.310. The van der Waals surface area contributed by atoms with E-state index in [0.717, 1.165) is 25.9 Å². The Morgan fingerprint density at radius 2 is 1.89 bits per heavy atom. The zero-order chi connectivity index (χ0) is 14.0. The summed E-state index contributed by atoms with van der Waals surface area (Å²) in [6, 6.07) is 4.23. The average Bonchev–Trinajstić information content (AvgIpc) is 2.39. The van der Waals surface area contributed by atoms with E-state index in [1.807, 2.05) is 13.8 Å². The molecule has 1 aliphatic rings. The molecule has 0 spiro atoms. The third-order valence-corrected chi connectivity index (χ3v) is 4.11. The third kappa shape index (κ3) is 2.98. The number of piperidine rings is 1. The highest BCUT2D eigenvalue weighted by Crippen LogP contribution is 2.26. The molecule has 0 N–H and O–H groups in total. The van der Waals surface area contributed by atoms with E-state index in [1.165, 1.54) is 18.6 Å². The lowest BCUT2D eigenvalue weighted by Crippen LogP contribution is -2.52. The van der Waals surface area contributed by atoms with Crippen LogP contribution in [0.25, 0.3) is 0 Å². The fourth-order valence-corrected chi connectivity index (χ4v) is 2.76. The Labute approximate surface area is 118 Å². The van der Waals surface area contributed by atoms with Crippen LogP contribution in [0, 0.1) is 5.82 Å². The van der Waals surface area contributed by atoms with E-state index in [-0.39, 0.29) is 11.3 Å². The topological polar surface area (TPSA) is 20.3 Å². The first-order valence-electron chi connectivity index (χ1n) is 6.68. The van der Waals surface area contributed by atoms with Crippen LogP contribution in [0.5, 0.6) is 0 Å². The predicted molar refractivity (Wildman–Crippen MR) is 75.2 cm³/mol. The second-order valence-corrected chi connectivity index (χ2v) is 6.00. The fourth-order valence-electron chi connectivity index (χ4n) is 2.60. The van der Waals surface area contributed by atoms with Crippen LogP contribution in [0.4, 0.5) is 4.39 Å². The van der Waals surface area contributed by atoms with Crippen LogP contribution in [-0.4, -0.2) is 29.3 Å². The molecule has 104 valence electrons. The van der Waals surface area contributed by atoms with Crippen molar-refractivity contribution in [2.75, 3.05) is 13.1 Å². The van der Waals surface area contributed by atoms with Crippen LogP contribution >= 0.6 is 11.6 Å². The lowest BCUT2D eigenvalue weighted by Gasteiger charge is -2.39. The molecule has 0 radical (unpaired) electrons. The Bertz CT molecular complexity index is 481. The van der Waals surface area contributed by atoms with Crippen molar-refractivity contribution in [1.82, 2.24) is 4.90 Å². The zero-order valence-corrected chi connectivity index (χ0v) is 12.1. The molecule has 1 saturated heterocycles. The van der Waals surface area contributed by atoms with E-state index in [4.69, 9.17) is 11.6 Å². The number of Topliss-reactive ketones (excluding diaryl/α,β-unsaturated/α-hetero) is 1. The van der Waals surface area contributed by atoms with Gasteiger partial charge < -0.3 is 0 Å². The van der Waals surface area contributed by atoms with Gasteiger partial charge in [0.15, 0.2) is 5.78 Å². The molecule has 2 nitrogen and oxygen atoms in total. The number of rotatable bonds is 3. The van der Waals surface area contributed by atoms with Crippen molar-refractivity contribution in [2.45, 2.75) is 38.6 Å². The summed E-state index contributed by atoms with van der Waals surface area (Å²) in [7, 11) is 0. The van der Waals surface area contributed by atoms with E-state index in [1.54, 1.807) is 6.07 Å². The minimum atomic E-state index is -0.672. The summed E-state index contributed by atoms with van der Waals surface area (Å²) in [6.07, 6.45) is 3.40. The maximum absolute atomic E-state index is 13.9. The minimum Gasteiger partial charge on any atom is -0.292 e. The molecular formula is C15H19ClFNO. The molecule has 4 heteroatoms. The number of halogens is 2. The van der Waals surface area contributed by atoms with Crippen LogP contribution < -0.4 is 0 Å². The number of nitrogens with zero attached hydrogens (tertiary/aromatic N) is 1. The number of benzene rings is 1. The first kappa shape index (κ1) is 14.5. The largest absolute Gasteiger partial charge is 0.292 e. The highest BCUT2D eigenvalue weighted by atomic mass is 35.5. The van der Waals surface area contributed by atoms with Gasteiger partial charge in [0.2, 0.25) is 0 Å². The second-order valence-electron chi connectivity index (χ2n) is 5.56. The van der Waals surface area contributed by atoms with Crippen molar-refractivity contribution < 1.29 is 9.18 Å². The van der Waals surface area contributed by atoms with Gasteiger partial charge in [-0.15, -0.1) is 0 Å². The first-order valence-corrected chi connectivity index (χ1v) is 7.05. The van der Waals surface area contributed by atoms with Crippen LogP contribution in [0.3, 0.4) is 0 Å². The summed E-state index contributed by atoms with van der Waals surface area (Å²) in [5.74, 6) is -0.717. The second kappa shape index (κ2) is 5.59. The Morgan fingerprint density at radius 3 is 2.47 bits per heavy atom. The molecule has 0 aromatic heterocycles. The molecule has 1 fully saturated rings. The van der Waals surface area contributed by atoms with E-state index in [2.05, 4.69) is 4.90 Å². The Balaban J connectivity index is 2.26. The fraction of sp³-hybridized carbons (Fsp3) is 0.533. The van der Waals surface area contributed by atoms with Crippen molar-refractivity contribution in [2.24, 2.45) is 0 Å². The zero-order valence-electron chi connectivity index (χ0n) is 11.4. The van der Waals surface area contributed by atoms with Gasteiger partial charge in [-0.3, -0.25) is 9.69 Å². The number of likely N-dealkylation sites (tertiary alicyclic amines) is 1. The van der Waals surface area contributed by atoms with E-state index >= 15 is 0 Å². The first-order chi connectivity index (χ1) is 8.93. The molecule has 0 bridgehead atoms. The molecule has 0 unspecified atom stereocenters. The molecule has 0 aliphatic carbocycles. The molecule has 0 atom stereocenters. The maximum Gasteiger partial charge on any atom is 0.185 e. The van der Waals surface area contributed by atoms with Crippen molar-refractivity contribution in [3.05, 3.63) is 34.6 Å². The molecule has 1 aromatic rings. The molecule has 1 aromatic carbocycles. The molecule has 0 saturated carbocycles. The lowest BCUT2D eigenvalue weighted by atomic mass is 9.89. The Morgan fingerprint density at radius 1 is 1.26 bits per heavy atom. The Kier molecular flexibility index (Phi) is 4.26.